The van der Waals surface area contributed by atoms with E-state index in [0.29, 0.717) is 6.61 Å². The second kappa shape index (κ2) is 9.85. The molecule has 1 N–H and O–H groups in total. The first-order chi connectivity index (χ1) is 6.31. The second-order valence-corrected chi connectivity index (χ2v) is 3.19. The molecule has 1 radical (unpaired) electrons. The summed E-state index contributed by atoms with van der Waals surface area (Å²) in [6.45, 7) is 2.70. The molecule has 0 aromatic heterocycles. The normalized spacial score (nSPS) is 9.38. The Morgan fingerprint density at radius 2 is 2.08 bits per heavy atom. The topological polar surface area (TPSA) is 38.3 Å². The molecule has 0 rings (SSSR count). The molecular formula is C8H18BNO2P. The zero-order chi connectivity index (χ0) is 9.94. The van der Waals surface area contributed by atoms with Crippen LogP contribution in [0.3, 0.4) is 0 Å². The minimum Gasteiger partial charge on any atom is -0.450 e. The quantitative estimate of drug-likeness (QED) is 0.390. The van der Waals surface area contributed by atoms with Gasteiger partial charge in [-0.1, -0.05) is 32.6 Å². The third-order valence-electron chi connectivity index (χ3n) is 1.68. The van der Waals surface area contributed by atoms with E-state index in [4.69, 9.17) is 4.74 Å². The van der Waals surface area contributed by atoms with Crippen LogP contribution in [-0.4, -0.2) is 19.8 Å². The number of carbonyl (C=O) groups excluding carboxylic acids is 1. The number of hydrogen-bond acceptors (Lipinski definition) is 2. The van der Waals surface area contributed by atoms with E-state index in [1.165, 1.54) is 26.4 Å². The van der Waals surface area contributed by atoms with Gasteiger partial charge in [-0.05, 0) is 6.42 Å². The van der Waals surface area contributed by atoms with Crippen molar-refractivity contribution in [2.45, 2.75) is 39.0 Å². The van der Waals surface area contributed by atoms with Crippen LogP contribution >= 0.6 is 9.12 Å². The van der Waals surface area contributed by atoms with Crippen molar-refractivity contribution in [3.63, 3.8) is 0 Å². The molecular weight excluding hydrogens is 184 g/mol. The molecule has 75 valence electrons. The molecule has 0 spiro atoms. The molecule has 0 aliphatic rings. The van der Waals surface area contributed by atoms with Crippen LogP contribution in [0.1, 0.15) is 39.0 Å². The van der Waals surface area contributed by atoms with E-state index < -0.39 is 0 Å². The van der Waals surface area contributed by atoms with Gasteiger partial charge >= 0.3 is 6.09 Å². The Morgan fingerprint density at radius 1 is 1.38 bits per heavy atom. The van der Waals surface area contributed by atoms with Gasteiger partial charge in [-0.25, -0.2) is 4.79 Å². The number of rotatable bonds is 7. The summed E-state index contributed by atoms with van der Waals surface area (Å²) in [7, 11) is 3.77. The first-order valence-corrected chi connectivity index (χ1v) is 5.44. The zero-order valence-corrected chi connectivity index (χ0v) is 9.37. The fraction of sp³-hybridized carbons (Fsp3) is 0.875. The molecule has 0 heterocycles. The molecule has 0 saturated carbocycles. The highest BCUT2D eigenvalue weighted by atomic mass is 31.0. The van der Waals surface area contributed by atoms with Gasteiger partial charge in [0.05, 0.1) is 6.61 Å². The molecule has 0 saturated heterocycles. The lowest BCUT2D eigenvalue weighted by molar-refractivity contribution is 0.150. The number of nitrogens with one attached hydrogen (secondary N) is 1. The van der Waals surface area contributed by atoms with Gasteiger partial charge in [-0.2, -0.15) is 9.12 Å². The number of amides is 1. The smallest absolute Gasteiger partial charge is 0.394 e. The molecule has 0 aliphatic carbocycles. The highest BCUT2D eigenvalue weighted by Crippen LogP contribution is 2.02. The molecule has 1 amide bonds. The monoisotopic (exact) mass is 202 g/mol. The summed E-state index contributed by atoms with van der Waals surface area (Å²) in [6, 6.07) is 0. The molecule has 3 nitrogen and oxygen atoms in total. The van der Waals surface area contributed by atoms with Crippen LogP contribution in [0.5, 0.6) is 0 Å². The molecule has 0 bridgehead atoms. The lowest BCUT2D eigenvalue weighted by Gasteiger charge is -2.04. The summed E-state index contributed by atoms with van der Waals surface area (Å²) in [6.07, 6.45) is 5.48. The van der Waals surface area contributed by atoms with Gasteiger partial charge in [-0.15, -0.1) is 0 Å². The Morgan fingerprint density at radius 3 is 2.69 bits per heavy atom. The maximum atomic E-state index is 10.8. The van der Waals surface area contributed by atoms with E-state index in [-0.39, 0.29) is 6.09 Å². The lowest BCUT2D eigenvalue weighted by Crippen LogP contribution is -2.25. The van der Waals surface area contributed by atoms with Gasteiger partial charge in [0, 0.05) is 0 Å². The van der Waals surface area contributed by atoms with Crippen molar-refractivity contribution in [1.82, 2.24) is 5.23 Å². The third kappa shape index (κ3) is 9.68. The first kappa shape index (κ1) is 12.8. The SMILES string of the molecule is CCCCCCCOC(=O)N[B]P. The summed E-state index contributed by atoms with van der Waals surface area (Å²) < 4.78 is 4.87. The Bertz CT molecular complexity index is 135. The molecule has 1 atom stereocenters. The molecule has 5 heteroatoms. The van der Waals surface area contributed by atoms with Crippen molar-refractivity contribution in [2.75, 3.05) is 6.61 Å². The molecule has 0 aliphatic heterocycles. The first-order valence-electron chi connectivity index (χ1n) is 4.78. The van der Waals surface area contributed by atoms with Crippen LogP contribution < -0.4 is 5.23 Å². The Hall–Kier alpha value is -0.235. The molecule has 0 aromatic rings. The molecule has 13 heavy (non-hydrogen) atoms. The summed E-state index contributed by atoms with van der Waals surface area (Å²) >= 11 is 0. The van der Waals surface area contributed by atoms with Crippen molar-refractivity contribution < 1.29 is 9.53 Å². The van der Waals surface area contributed by atoms with Gasteiger partial charge < -0.3 is 9.96 Å². The predicted molar refractivity (Wildman–Crippen MR) is 58.7 cm³/mol. The maximum absolute atomic E-state index is 10.8. The van der Waals surface area contributed by atoms with Crippen molar-refractivity contribution in [1.29, 1.82) is 0 Å². The van der Waals surface area contributed by atoms with Gasteiger partial charge in [0.1, 0.15) is 0 Å². The molecule has 0 aromatic carbocycles. The van der Waals surface area contributed by atoms with E-state index in [1.807, 2.05) is 0 Å². The van der Waals surface area contributed by atoms with Crippen molar-refractivity contribution in [3.05, 3.63) is 0 Å². The predicted octanol–water partition coefficient (Wildman–Crippen LogP) is 2.09. The van der Waals surface area contributed by atoms with Crippen LogP contribution in [0.2, 0.25) is 0 Å². The minimum atomic E-state index is -0.370. The summed E-state index contributed by atoms with van der Waals surface area (Å²) in [4.78, 5) is 10.8. The van der Waals surface area contributed by atoms with Gasteiger partial charge in [-0.3, -0.25) is 0 Å². The van der Waals surface area contributed by atoms with E-state index >= 15 is 0 Å². The molecule has 1 unspecified atom stereocenters. The van der Waals surface area contributed by atoms with Gasteiger partial charge in [0.25, 0.3) is 7.13 Å². The fourth-order valence-corrected chi connectivity index (χ4v) is 1.12. The standard InChI is InChI=1S/C8H18BNO2P/c1-2-3-4-5-6-7-12-8(11)10-9-13/h2-7,13H2,1H3,(H,10,11). The number of hydrogen-bond donors (Lipinski definition) is 1. The van der Waals surface area contributed by atoms with Crippen LogP contribution in [0.4, 0.5) is 4.79 Å². The largest absolute Gasteiger partial charge is 0.450 e. The Balaban J connectivity index is 3.02. The minimum absolute atomic E-state index is 0.370. The fourth-order valence-electron chi connectivity index (χ4n) is 0.980. The van der Waals surface area contributed by atoms with E-state index in [0.717, 1.165) is 12.8 Å². The van der Waals surface area contributed by atoms with Crippen LogP contribution in [-0.2, 0) is 4.74 Å². The van der Waals surface area contributed by atoms with Gasteiger partial charge in [0.2, 0.25) is 0 Å². The number of carbonyl (C=O) groups is 1. The highest BCUT2D eigenvalue weighted by molar-refractivity contribution is 7.55. The van der Waals surface area contributed by atoms with Crippen molar-refractivity contribution in [2.24, 2.45) is 0 Å². The zero-order valence-electron chi connectivity index (χ0n) is 8.21. The number of unbranched alkanes of at least 4 members (excludes halogenated alkanes) is 4. The van der Waals surface area contributed by atoms with E-state index in [2.05, 4.69) is 21.3 Å². The molecule has 0 fully saturated rings. The summed E-state index contributed by atoms with van der Waals surface area (Å²) in [5.74, 6) is 0. The van der Waals surface area contributed by atoms with Crippen LogP contribution in [0.15, 0.2) is 0 Å². The lowest BCUT2D eigenvalue weighted by atomic mass is 10.2. The third-order valence-corrected chi connectivity index (χ3v) is 1.85. The number of ether oxygens (including phenoxy) is 1. The van der Waals surface area contributed by atoms with E-state index in [9.17, 15) is 4.79 Å². The highest BCUT2D eigenvalue weighted by Gasteiger charge is 1.98. The van der Waals surface area contributed by atoms with Crippen LogP contribution in [0.25, 0.3) is 0 Å². The van der Waals surface area contributed by atoms with Crippen LogP contribution in [0, 0.1) is 0 Å². The van der Waals surface area contributed by atoms with Crippen molar-refractivity contribution in [3.8, 4) is 0 Å². The average Bonchev–Trinajstić information content (AvgIpc) is 2.11. The van der Waals surface area contributed by atoms with E-state index in [1.54, 1.807) is 0 Å². The maximum Gasteiger partial charge on any atom is 0.394 e. The van der Waals surface area contributed by atoms with Crippen molar-refractivity contribution >= 4 is 22.3 Å². The Kier molecular flexibility index (Phi) is 9.67. The Labute approximate surface area is 83.4 Å². The summed E-state index contributed by atoms with van der Waals surface area (Å²) in [5.41, 5.74) is 0. The average molecular weight is 202 g/mol. The second-order valence-electron chi connectivity index (χ2n) is 2.86. The van der Waals surface area contributed by atoms with Gasteiger partial charge in [0.15, 0.2) is 0 Å². The summed E-state index contributed by atoms with van der Waals surface area (Å²) in [5, 5.41) is 2.42.